The molecule has 0 saturated carbocycles. The first-order chi connectivity index (χ1) is 8.08. The van der Waals surface area contributed by atoms with Crippen molar-refractivity contribution in [1.29, 1.82) is 0 Å². The van der Waals surface area contributed by atoms with Gasteiger partial charge >= 0.3 is 0 Å². The summed E-state index contributed by atoms with van der Waals surface area (Å²) in [6, 6.07) is 0. The lowest BCUT2D eigenvalue weighted by Crippen LogP contribution is -2.42. The molecule has 1 unspecified atom stereocenters. The maximum atomic E-state index is 11.9. The van der Waals surface area contributed by atoms with Gasteiger partial charge in [-0.15, -0.1) is 10.2 Å². The molecular weight excluding hydrogens is 236 g/mol. The van der Waals surface area contributed by atoms with Gasteiger partial charge in [-0.1, -0.05) is 11.3 Å². The molecule has 0 N–H and O–H groups in total. The Bertz CT molecular complexity index is 404. The van der Waals surface area contributed by atoms with E-state index in [9.17, 15) is 4.79 Å². The lowest BCUT2D eigenvalue weighted by atomic mass is 9.97. The number of hydrogen-bond acceptors (Lipinski definition) is 5. The highest BCUT2D eigenvalue weighted by Gasteiger charge is 2.28. The Morgan fingerprint density at radius 3 is 2.82 bits per heavy atom. The topological polar surface area (TPSA) is 49.3 Å². The summed E-state index contributed by atoms with van der Waals surface area (Å²) in [5.41, 5.74) is 0. The second-order valence-corrected chi connectivity index (χ2v) is 5.78. The van der Waals surface area contributed by atoms with Gasteiger partial charge in [-0.05, 0) is 19.8 Å². The first kappa shape index (κ1) is 12.3. The van der Waals surface area contributed by atoms with E-state index in [-0.39, 0.29) is 11.8 Å². The third-order valence-electron chi connectivity index (χ3n) is 3.00. The average Bonchev–Trinajstić information content (AvgIpc) is 2.75. The van der Waals surface area contributed by atoms with E-state index in [4.69, 9.17) is 0 Å². The van der Waals surface area contributed by atoms with Crippen molar-refractivity contribution in [2.75, 3.05) is 32.1 Å². The zero-order valence-electron chi connectivity index (χ0n) is 10.5. The van der Waals surface area contributed by atoms with Crippen LogP contribution in [0, 0.1) is 12.8 Å². The largest absolute Gasteiger partial charge is 0.349 e. The van der Waals surface area contributed by atoms with Gasteiger partial charge in [0.1, 0.15) is 5.01 Å². The number of hydrogen-bond donors (Lipinski definition) is 0. The highest BCUT2D eigenvalue weighted by atomic mass is 32.1. The van der Waals surface area contributed by atoms with Crippen LogP contribution in [0.4, 0.5) is 5.13 Å². The summed E-state index contributed by atoms with van der Waals surface area (Å²) in [6.07, 6.45) is 2.02. The van der Waals surface area contributed by atoms with Crippen LogP contribution in [0.3, 0.4) is 0 Å². The molecule has 1 fully saturated rings. The molecule has 1 saturated heterocycles. The Labute approximate surface area is 105 Å². The van der Waals surface area contributed by atoms with Gasteiger partial charge in [-0.25, -0.2) is 0 Å². The molecule has 1 aliphatic heterocycles. The molecule has 0 spiro atoms. The number of anilines is 1. The molecule has 17 heavy (non-hydrogen) atoms. The predicted octanol–water partition coefficient (Wildman–Crippen LogP) is 1.15. The van der Waals surface area contributed by atoms with Crippen molar-refractivity contribution in [2.45, 2.75) is 19.8 Å². The van der Waals surface area contributed by atoms with E-state index in [1.165, 1.54) is 0 Å². The maximum Gasteiger partial charge on any atom is 0.226 e. The summed E-state index contributed by atoms with van der Waals surface area (Å²) in [5, 5.41) is 10.1. The first-order valence-corrected chi connectivity index (χ1v) is 6.66. The van der Waals surface area contributed by atoms with Crippen molar-refractivity contribution in [2.24, 2.45) is 5.92 Å². The minimum Gasteiger partial charge on any atom is -0.349 e. The Morgan fingerprint density at radius 2 is 2.24 bits per heavy atom. The van der Waals surface area contributed by atoms with Gasteiger partial charge in [0.25, 0.3) is 0 Å². The van der Waals surface area contributed by atoms with Crippen molar-refractivity contribution in [1.82, 2.24) is 15.1 Å². The quantitative estimate of drug-likeness (QED) is 0.794. The van der Waals surface area contributed by atoms with Gasteiger partial charge in [0.05, 0.1) is 5.92 Å². The van der Waals surface area contributed by atoms with Crippen molar-refractivity contribution >= 4 is 22.4 Å². The van der Waals surface area contributed by atoms with E-state index in [0.717, 1.165) is 36.1 Å². The Kier molecular flexibility index (Phi) is 3.61. The van der Waals surface area contributed by atoms with Crippen LogP contribution >= 0.6 is 11.3 Å². The van der Waals surface area contributed by atoms with E-state index in [1.54, 1.807) is 16.2 Å². The van der Waals surface area contributed by atoms with Gasteiger partial charge in [0, 0.05) is 27.2 Å². The summed E-state index contributed by atoms with van der Waals surface area (Å²) in [7, 11) is 3.63. The molecule has 0 aliphatic carbocycles. The number of aryl methyl sites for hydroxylation is 1. The summed E-state index contributed by atoms with van der Waals surface area (Å²) in [6.45, 7) is 3.70. The summed E-state index contributed by atoms with van der Waals surface area (Å²) >= 11 is 1.60. The van der Waals surface area contributed by atoms with E-state index in [2.05, 4.69) is 15.1 Å². The van der Waals surface area contributed by atoms with Crippen LogP contribution in [0.1, 0.15) is 17.8 Å². The van der Waals surface area contributed by atoms with Crippen LogP contribution in [0.25, 0.3) is 0 Å². The maximum absolute atomic E-state index is 11.9. The monoisotopic (exact) mass is 254 g/mol. The van der Waals surface area contributed by atoms with Gasteiger partial charge in [-0.2, -0.15) is 0 Å². The number of carbonyl (C=O) groups excluding carboxylic acids is 1. The zero-order valence-corrected chi connectivity index (χ0v) is 11.3. The minimum atomic E-state index is 0.1000. The lowest BCUT2D eigenvalue weighted by molar-refractivity contribution is -0.133. The Balaban J connectivity index is 2.04. The van der Waals surface area contributed by atoms with Crippen LogP contribution in [-0.2, 0) is 4.79 Å². The summed E-state index contributed by atoms with van der Waals surface area (Å²) in [5.74, 6) is 0.318. The highest BCUT2D eigenvalue weighted by Crippen LogP contribution is 2.26. The third-order valence-corrected chi connectivity index (χ3v) is 3.90. The zero-order chi connectivity index (χ0) is 12.4. The summed E-state index contributed by atoms with van der Waals surface area (Å²) < 4.78 is 0. The molecule has 94 valence electrons. The molecule has 1 aliphatic rings. The van der Waals surface area contributed by atoms with Crippen LogP contribution in [0.2, 0.25) is 0 Å². The number of piperidine rings is 1. The molecule has 0 aromatic carbocycles. The number of aromatic nitrogens is 2. The number of rotatable bonds is 2. The van der Waals surface area contributed by atoms with Gasteiger partial charge < -0.3 is 9.80 Å². The van der Waals surface area contributed by atoms with Crippen molar-refractivity contribution in [3.8, 4) is 0 Å². The van der Waals surface area contributed by atoms with Crippen molar-refractivity contribution < 1.29 is 4.79 Å². The van der Waals surface area contributed by atoms with Gasteiger partial charge in [0.15, 0.2) is 0 Å². The van der Waals surface area contributed by atoms with Crippen molar-refractivity contribution in [3.05, 3.63) is 5.01 Å². The molecule has 2 rings (SSSR count). The third kappa shape index (κ3) is 2.74. The van der Waals surface area contributed by atoms with Gasteiger partial charge in [-0.3, -0.25) is 4.79 Å². The molecular formula is C11H18N4OS. The van der Waals surface area contributed by atoms with Crippen LogP contribution in [0.5, 0.6) is 0 Å². The molecule has 0 radical (unpaired) electrons. The highest BCUT2D eigenvalue weighted by molar-refractivity contribution is 7.15. The first-order valence-electron chi connectivity index (χ1n) is 5.84. The van der Waals surface area contributed by atoms with E-state index >= 15 is 0 Å². The lowest BCUT2D eigenvalue weighted by Gasteiger charge is -2.32. The standard InChI is InChI=1S/C11H18N4OS/c1-8-12-13-11(17-8)15-6-4-5-9(7-15)10(16)14(2)3/h9H,4-7H2,1-3H3. The smallest absolute Gasteiger partial charge is 0.226 e. The van der Waals surface area contributed by atoms with Crippen LogP contribution in [-0.4, -0.2) is 48.2 Å². The fourth-order valence-electron chi connectivity index (χ4n) is 2.13. The average molecular weight is 254 g/mol. The number of nitrogens with zero attached hydrogens (tertiary/aromatic N) is 4. The second-order valence-electron chi connectivity index (χ2n) is 4.62. The molecule has 1 aromatic heterocycles. The molecule has 1 aromatic rings. The number of carbonyl (C=O) groups is 1. The normalized spacial score (nSPS) is 20.4. The molecule has 1 amide bonds. The van der Waals surface area contributed by atoms with Crippen LogP contribution < -0.4 is 4.90 Å². The molecule has 5 nitrogen and oxygen atoms in total. The fraction of sp³-hybridized carbons (Fsp3) is 0.727. The molecule has 2 heterocycles. The van der Waals surface area contributed by atoms with Gasteiger partial charge in [0.2, 0.25) is 11.0 Å². The fourth-order valence-corrected chi connectivity index (χ4v) is 2.85. The van der Waals surface area contributed by atoms with Crippen LogP contribution in [0.15, 0.2) is 0 Å². The Morgan fingerprint density at radius 1 is 1.47 bits per heavy atom. The van der Waals surface area contributed by atoms with E-state index in [0.29, 0.717) is 0 Å². The van der Waals surface area contributed by atoms with E-state index < -0.39 is 0 Å². The predicted molar refractivity (Wildman–Crippen MR) is 68.3 cm³/mol. The SMILES string of the molecule is Cc1nnc(N2CCCC(C(=O)N(C)C)C2)s1. The minimum absolute atomic E-state index is 0.1000. The molecule has 1 atom stereocenters. The summed E-state index contributed by atoms with van der Waals surface area (Å²) in [4.78, 5) is 15.8. The van der Waals surface area contributed by atoms with Crippen molar-refractivity contribution in [3.63, 3.8) is 0 Å². The molecule has 6 heteroatoms. The van der Waals surface area contributed by atoms with E-state index in [1.807, 2.05) is 21.0 Å². The second kappa shape index (κ2) is 5.00. The molecule has 0 bridgehead atoms. The Hall–Kier alpha value is -1.17. The number of amides is 1.